The summed E-state index contributed by atoms with van der Waals surface area (Å²) in [6.07, 6.45) is 1.88. The minimum absolute atomic E-state index is 0.325. The average Bonchev–Trinajstić information content (AvgIpc) is 2.44. The molecule has 19 heavy (non-hydrogen) atoms. The van der Waals surface area contributed by atoms with Crippen LogP contribution in [0, 0.1) is 0 Å². The van der Waals surface area contributed by atoms with Crippen LogP contribution in [0.2, 0.25) is 0 Å². The Hall–Kier alpha value is -0.461. The molecule has 0 bridgehead atoms. The topological polar surface area (TPSA) is 0 Å². The van der Waals surface area contributed by atoms with Crippen molar-refractivity contribution in [2.45, 2.75) is 12.8 Å². The summed E-state index contributed by atoms with van der Waals surface area (Å²) in [6, 6.07) is 17.2. The van der Waals surface area contributed by atoms with E-state index >= 15 is 0 Å². The Bertz CT molecular complexity index is 478. The number of benzene rings is 2. The normalized spacial score (nSPS) is 10.6. The molecule has 0 aliphatic carbocycles. The van der Waals surface area contributed by atoms with E-state index in [-0.39, 0.29) is 0 Å². The predicted molar refractivity (Wildman–Crippen MR) is 86.8 cm³/mol. The van der Waals surface area contributed by atoms with E-state index in [1.54, 1.807) is 0 Å². The van der Waals surface area contributed by atoms with Crippen LogP contribution in [0.5, 0.6) is 0 Å². The molecule has 0 amide bonds. The molecule has 0 atom stereocenters. The maximum absolute atomic E-state index is 5.88. The molecule has 0 aliphatic heterocycles. The van der Waals surface area contributed by atoms with Crippen LogP contribution in [0.4, 0.5) is 0 Å². The van der Waals surface area contributed by atoms with Gasteiger partial charge in [-0.1, -0.05) is 0 Å². The zero-order valence-corrected chi connectivity index (χ0v) is 13.8. The molecule has 0 saturated carbocycles. The fourth-order valence-electron chi connectivity index (χ4n) is 1.94. The van der Waals surface area contributed by atoms with Gasteiger partial charge in [-0.2, -0.15) is 0 Å². The van der Waals surface area contributed by atoms with Crippen molar-refractivity contribution in [1.82, 2.24) is 0 Å². The van der Waals surface area contributed by atoms with Gasteiger partial charge in [0.1, 0.15) is 0 Å². The summed E-state index contributed by atoms with van der Waals surface area (Å²) in [5, 5.41) is 0. The van der Waals surface area contributed by atoms with Crippen molar-refractivity contribution in [1.29, 1.82) is 0 Å². The van der Waals surface area contributed by atoms with Crippen LogP contribution >= 0.6 is 23.2 Å². The third kappa shape index (κ3) is 4.26. The number of hydrogen-bond acceptors (Lipinski definition) is 0. The van der Waals surface area contributed by atoms with E-state index in [1.807, 2.05) is 0 Å². The van der Waals surface area contributed by atoms with Gasteiger partial charge in [-0.05, 0) is 0 Å². The van der Waals surface area contributed by atoms with E-state index in [2.05, 4.69) is 48.5 Å². The zero-order valence-electron chi connectivity index (χ0n) is 10.6. The minimum atomic E-state index is 0.325. The van der Waals surface area contributed by atoms with Crippen molar-refractivity contribution < 1.29 is 0 Å². The Morgan fingerprint density at radius 2 is 1.11 bits per heavy atom. The van der Waals surface area contributed by atoms with E-state index in [9.17, 15) is 0 Å². The number of alkyl halides is 2. The molecule has 0 aliphatic rings. The first-order valence-corrected chi connectivity index (χ1v) is 9.09. The molecular weight excluding hydrogens is 342 g/mol. The van der Waals surface area contributed by atoms with Crippen molar-refractivity contribution >= 4 is 47.1 Å². The second kappa shape index (κ2) is 7.97. The molecule has 2 rings (SSSR count). The summed E-state index contributed by atoms with van der Waals surface area (Å²) >= 11 is 12.1. The van der Waals surface area contributed by atoms with Crippen LogP contribution in [-0.2, 0) is 12.8 Å². The summed E-state index contributed by atoms with van der Waals surface area (Å²) in [6.45, 7) is 0. The van der Waals surface area contributed by atoms with Crippen LogP contribution in [0.3, 0.4) is 0 Å². The van der Waals surface area contributed by atoms with Crippen LogP contribution in [0.15, 0.2) is 48.5 Å². The van der Waals surface area contributed by atoms with Gasteiger partial charge in [0, 0.05) is 0 Å². The van der Waals surface area contributed by atoms with Gasteiger partial charge < -0.3 is 0 Å². The summed E-state index contributed by atoms with van der Waals surface area (Å²) in [4.78, 5) is 0. The first-order chi connectivity index (χ1) is 9.35. The second-order valence-electron chi connectivity index (χ2n) is 4.20. The Balaban J connectivity index is 2.25. The monoisotopic (exact) mass is 358 g/mol. The van der Waals surface area contributed by atoms with Gasteiger partial charge in [0.15, 0.2) is 0 Å². The molecule has 0 fully saturated rings. The number of halogens is 2. The molecule has 0 nitrogen and oxygen atoms in total. The summed E-state index contributed by atoms with van der Waals surface area (Å²) in [5.74, 6) is 1.35. The van der Waals surface area contributed by atoms with Gasteiger partial charge >= 0.3 is 131 Å². The van der Waals surface area contributed by atoms with E-state index in [0.29, 0.717) is 26.7 Å². The Kier molecular flexibility index (Phi) is 6.26. The molecule has 0 heterocycles. The number of hydrogen-bond donors (Lipinski definition) is 0. The third-order valence-electron chi connectivity index (χ3n) is 2.89. The van der Waals surface area contributed by atoms with Crippen molar-refractivity contribution in [2.75, 3.05) is 11.8 Å². The molecule has 0 unspecified atom stereocenters. The van der Waals surface area contributed by atoms with Crippen LogP contribution in [0.25, 0.3) is 0 Å². The Labute approximate surface area is 131 Å². The first-order valence-electron chi connectivity index (χ1n) is 6.30. The maximum atomic E-state index is 5.88. The molecule has 0 saturated heterocycles. The van der Waals surface area contributed by atoms with Crippen molar-refractivity contribution in [2.24, 2.45) is 0 Å². The summed E-state index contributed by atoms with van der Waals surface area (Å²) < 4.78 is 2.86. The van der Waals surface area contributed by atoms with Crippen molar-refractivity contribution in [3.63, 3.8) is 0 Å². The summed E-state index contributed by atoms with van der Waals surface area (Å²) in [5.41, 5.74) is 2.75. The van der Waals surface area contributed by atoms with Gasteiger partial charge in [0.05, 0.1) is 0 Å². The quantitative estimate of drug-likeness (QED) is 0.550. The van der Waals surface area contributed by atoms with Gasteiger partial charge in [-0.3, -0.25) is 0 Å². The average molecular weight is 358 g/mol. The summed E-state index contributed by atoms with van der Waals surface area (Å²) in [7, 11) is 0. The van der Waals surface area contributed by atoms with Gasteiger partial charge in [0.2, 0.25) is 0 Å². The zero-order chi connectivity index (χ0) is 13.5. The van der Waals surface area contributed by atoms with Crippen LogP contribution in [-0.4, -0.2) is 26.7 Å². The molecule has 2 aromatic carbocycles. The Morgan fingerprint density at radius 3 is 1.53 bits per heavy atom. The first kappa shape index (κ1) is 14.9. The van der Waals surface area contributed by atoms with E-state index in [4.69, 9.17) is 23.2 Å². The standard InChI is InChI=1S/C16H16Cl2Se/c17-11-9-13-5-1-3-7-15(13)19-16-8-4-2-6-14(16)10-12-18/h1-8H,9-12H2. The predicted octanol–water partition coefficient (Wildman–Crippen LogP) is 2.90. The van der Waals surface area contributed by atoms with Gasteiger partial charge in [-0.25, -0.2) is 0 Å². The van der Waals surface area contributed by atoms with E-state index in [0.717, 1.165) is 12.8 Å². The molecule has 3 heteroatoms. The molecule has 0 radical (unpaired) electrons. The molecule has 0 spiro atoms. The fraction of sp³-hybridized carbons (Fsp3) is 0.250. The molecule has 100 valence electrons. The number of rotatable bonds is 6. The van der Waals surface area contributed by atoms with Crippen LogP contribution < -0.4 is 8.92 Å². The number of aryl methyl sites for hydroxylation is 2. The Morgan fingerprint density at radius 1 is 0.684 bits per heavy atom. The molecule has 0 aromatic heterocycles. The van der Waals surface area contributed by atoms with Crippen LogP contribution in [0.1, 0.15) is 11.1 Å². The van der Waals surface area contributed by atoms with Crippen molar-refractivity contribution in [3.8, 4) is 0 Å². The van der Waals surface area contributed by atoms with Crippen molar-refractivity contribution in [3.05, 3.63) is 59.7 Å². The third-order valence-corrected chi connectivity index (χ3v) is 5.86. The SMILES string of the molecule is ClCCc1ccccc1[Se]c1ccccc1CCCl. The molecular formula is C16H16Cl2Se. The molecule has 0 N–H and O–H groups in total. The van der Waals surface area contributed by atoms with Gasteiger partial charge in [-0.15, -0.1) is 0 Å². The molecule has 2 aromatic rings. The van der Waals surface area contributed by atoms with E-state index < -0.39 is 0 Å². The fourth-order valence-corrected chi connectivity index (χ4v) is 4.73. The van der Waals surface area contributed by atoms with E-state index in [1.165, 1.54) is 20.1 Å². The second-order valence-corrected chi connectivity index (χ2v) is 7.23. The van der Waals surface area contributed by atoms with Gasteiger partial charge in [0.25, 0.3) is 0 Å².